The molecule has 6 heteroatoms. The highest BCUT2D eigenvalue weighted by atomic mass is 35.5. The third-order valence-electron chi connectivity index (χ3n) is 2.67. The number of carbonyl (C=O) groups excluding carboxylic acids is 2. The van der Waals surface area contributed by atoms with Gasteiger partial charge >= 0.3 is 5.97 Å². The van der Waals surface area contributed by atoms with E-state index >= 15 is 0 Å². The number of nitrogens with one attached hydrogen (secondary N) is 1. The molecule has 0 atom stereocenters. The number of amides is 1. The Morgan fingerprint density at radius 2 is 2.00 bits per heavy atom. The van der Waals surface area contributed by atoms with Crippen LogP contribution in [0.4, 0.5) is 5.69 Å². The van der Waals surface area contributed by atoms with E-state index in [1.165, 1.54) is 6.07 Å². The molecule has 0 spiro atoms. The van der Waals surface area contributed by atoms with Crippen molar-refractivity contribution in [2.45, 2.75) is 13.8 Å². The fraction of sp³-hybridized carbons (Fsp3) is 0.200. The van der Waals surface area contributed by atoms with Crippen molar-refractivity contribution in [3.63, 3.8) is 0 Å². The Morgan fingerprint density at radius 1 is 1.24 bits per heavy atom. The van der Waals surface area contributed by atoms with E-state index in [0.29, 0.717) is 16.5 Å². The predicted octanol–water partition coefficient (Wildman–Crippen LogP) is 3.35. The first-order valence-electron chi connectivity index (χ1n) is 6.25. The van der Waals surface area contributed by atoms with E-state index in [1.54, 1.807) is 25.1 Å². The van der Waals surface area contributed by atoms with Gasteiger partial charge in [0.1, 0.15) is 5.76 Å². The van der Waals surface area contributed by atoms with Crippen molar-refractivity contribution in [1.82, 2.24) is 0 Å². The first-order chi connectivity index (χ1) is 9.95. The molecule has 0 aliphatic carbocycles. The Balaban J connectivity index is 1.89. The molecule has 1 N–H and O–H groups in total. The van der Waals surface area contributed by atoms with Gasteiger partial charge in [0.05, 0.1) is 10.7 Å². The van der Waals surface area contributed by atoms with Crippen LogP contribution in [0, 0.1) is 13.8 Å². The number of ether oxygens (including phenoxy) is 1. The average molecular weight is 308 g/mol. The van der Waals surface area contributed by atoms with Crippen LogP contribution in [0.5, 0.6) is 0 Å². The molecule has 0 aliphatic heterocycles. The van der Waals surface area contributed by atoms with Crippen LogP contribution in [0.1, 0.15) is 21.9 Å². The van der Waals surface area contributed by atoms with Crippen LogP contribution in [0.15, 0.2) is 34.7 Å². The molecule has 1 heterocycles. The van der Waals surface area contributed by atoms with Crippen LogP contribution in [0.3, 0.4) is 0 Å². The maximum absolute atomic E-state index is 11.7. The number of halogens is 1. The minimum atomic E-state index is -0.687. The lowest BCUT2D eigenvalue weighted by Gasteiger charge is -2.08. The molecule has 0 saturated carbocycles. The van der Waals surface area contributed by atoms with Crippen LogP contribution < -0.4 is 5.32 Å². The number of esters is 1. The molecular weight excluding hydrogens is 294 g/mol. The normalized spacial score (nSPS) is 10.2. The summed E-state index contributed by atoms with van der Waals surface area (Å²) in [5.74, 6) is -0.503. The number of rotatable bonds is 4. The maximum atomic E-state index is 11.7. The highest BCUT2D eigenvalue weighted by Gasteiger charge is 2.14. The Kier molecular flexibility index (Phi) is 4.65. The topological polar surface area (TPSA) is 68.5 Å². The van der Waals surface area contributed by atoms with E-state index < -0.39 is 18.5 Å². The Hall–Kier alpha value is -2.27. The molecule has 0 radical (unpaired) electrons. The molecule has 2 rings (SSSR count). The van der Waals surface area contributed by atoms with Crippen molar-refractivity contribution in [1.29, 1.82) is 0 Å². The predicted molar refractivity (Wildman–Crippen MR) is 78.5 cm³/mol. The second-order valence-corrected chi connectivity index (χ2v) is 4.93. The Morgan fingerprint density at radius 3 is 2.62 bits per heavy atom. The number of hydrogen-bond acceptors (Lipinski definition) is 4. The van der Waals surface area contributed by atoms with E-state index in [4.69, 9.17) is 20.8 Å². The van der Waals surface area contributed by atoms with Gasteiger partial charge in [-0.1, -0.05) is 17.7 Å². The second kappa shape index (κ2) is 6.45. The maximum Gasteiger partial charge on any atom is 0.374 e. The lowest BCUT2D eigenvalue weighted by molar-refractivity contribution is -0.119. The molecule has 1 amide bonds. The van der Waals surface area contributed by atoms with Gasteiger partial charge in [-0.2, -0.15) is 0 Å². The molecule has 5 nitrogen and oxygen atoms in total. The van der Waals surface area contributed by atoms with E-state index in [1.807, 2.05) is 13.0 Å². The number of anilines is 1. The van der Waals surface area contributed by atoms with Crippen LogP contribution in [-0.4, -0.2) is 18.5 Å². The highest BCUT2D eigenvalue weighted by molar-refractivity contribution is 6.33. The zero-order valence-corrected chi connectivity index (χ0v) is 12.4. The number of benzene rings is 1. The van der Waals surface area contributed by atoms with Gasteiger partial charge in [-0.05, 0) is 43.7 Å². The Labute approximate surface area is 126 Å². The van der Waals surface area contributed by atoms with Gasteiger partial charge in [0.15, 0.2) is 6.61 Å². The Bertz CT molecular complexity index is 678. The smallest absolute Gasteiger partial charge is 0.374 e. The van der Waals surface area contributed by atoms with Crippen molar-refractivity contribution in [2.75, 3.05) is 11.9 Å². The number of aryl methyl sites for hydroxylation is 2. The molecule has 0 saturated heterocycles. The summed E-state index contributed by atoms with van der Waals surface area (Å²) >= 11 is 6.00. The monoisotopic (exact) mass is 307 g/mol. The van der Waals surface area contributed by atoms with Crippen LogP contribution in [-0.2, 0) is 9.53 Å². The molecule has 21 heavy (non-hydrogen) atoms. The fourth-order valence-corrected chi connectivity index (χ4v) is 1.94. The van der Waals surface area contributed by atoms with Crippen LogP contribution in [0.2, 0.25) is 5.02 Å². The van der Waals surface area contributed by atoms with Crippen molar-refractivity contribution in [2.24, 2.45) is 0 Å². The first kappa shape index (κ1) is 15.1. The summed E-state index contributed by atoms with van der Waals surface area (Å²) in [5.41, 5.74) is 1.45. The molecule has 0 fully saturated rings. The molecule has 0 bridgehead atoms. The van der Waals surface area contributed by atoms with Gasteiger partial charge in [0.2, 0.25) is 5.76 Å². The third-order valence-corrected chi connectivity index (χ3v) is 2.99. The van der Waals surface area contributed by atoms with Gasteiger partial charge in [-0.15, -0.1) is 0 Å². The van der Waals surface area contributed by atoms with Crippen molar-refractivity contribution in [3.05, 3.63) is 52.4 Å². The minimum Gasteiger partial charge on any atom is -0.454 e. The molecule has 1 aromatic carbocycles. The summed E-state index contributed by atoms with van der Waals surface area (Å²) in [6, 6.07) is 8.37. The average Bonchev–Trinajstić information content (AvgIpc) is 2.86. The largest absolute Gasteiger partial charge is 0.454 e. The van der Waals surface area contributed by atoms with Crippen molar-refractivity contribution >= 4 is 29.2 Å². The summed E-state index contributed by atoms with van der Waals surface area (Å²) in [4.78, 5) is 23.3. The highest BCUT2D eigenvalue weighted by Crippen LogP contribution is 2.22. The van der Waals surface area contributed by atoms with E-state index in [9.17, 15) is 9.59 Å². The summed E-state index contributed by atoms with van der Waals surface area (Å²) in [7, 11) is 0. The van der Waals surface area contributed by atoms with Gasteiger partial charge < -0.3 is 14.5 Å². The van der Waals surface area contributed by atoms with Gasteiger partial charge in [-0.3, -0.25) is 4.79 Å². The SMILES string of the molecule is Cc1ccc(NC(=O)COC(=O)c2ccc(C)o2)c(Cl)c1. The molecule has 0 aliphatic rings. The lowest BCUT2D eigenvalue weighted by atomic mass is 10.2. The van der Waals surface area contributed by atoms with Crippen molar-refractivity contribution in [3.8, 4) is 0 Å². The molecule has 2 aromatic rings. The lowest BCUT2D eigenvalue weighted by Crippen LogP contribution is -2.20. The van der Waals surface area contributed by atoms with Crippen LogP contribution in [0.25, 0.3) is 0 Å². The molecule has 0 unspecified atom stereocenters. The van der Waals surface area contributed by atoms with Crippen LogP contribution >= 0.6 is 11.6 Å². The fourth-order valence-electron chi connectivity index (χ4n) is 1.65. The number of furan rings is 1. The summed E-state index contributed by atoms with van der Waals surface area (Å²) in [6.07, 6.45) is 0. The number of carbonyl (C=O) groups is 2. The first-order valence-corrected chi connectivity index (χ1v) is 6.63. The van der Waals surface area contributed by atoms with E-state index in [-0.39, 0.29) is 5.76 Å². The third kappa shape index (κ3) is 4.10. The van der Waals surface area contributed by atoms with Gasteiger partial charge in [0, 0.05) is 0 Å². The molecular formula is C15H14ClNO4. The summed E-state index contributed by atoms with van der Waals surface area (Å²) in [6.45, 7) is 3.19. The second-order valence-electron chi connectivity index (χ2n) is 4.52. The zero-order chi connectivity index (χ0) is 15.4. The number of hydrogen-bond donors (Lipinski definition) is 1. The summed E-state index contributed by atoms with van der Waals surface area (Å²) < 4.78 is 9.95. The standard InChI is InChI=1S/C15H14ClNO4/c1-9-3-5-12(11(16)7-9)17-14(18)8-20-15(19)13-6-4-10(2)21-13/h3-7H,8H2,1-2H3,(H,17,18). The van der Waals surface area contributed by atoms with Gasteiger partial charge in [0.25, 0.3) is 5.91 Å². The van der Waals surface area contributed by atoms with E-state index in [2.05, 4.69) is 5.32 Å². The minimum absolute atomic E-state index is 0.0636. The zero-order valence-electron chi connectivity index (χ0n) is 11.6. The molecule has 110 valence electrons. The van der Waals surface area contributed by atoms with E-state index in [0.717, 1.165) is 5.56 Å². The quantitative estimate of drug-likeness (QED) is 0.880. The van der Waals surface area contributed by atoms with Gasteiger partial charge in [-0.25, -0.2) is 4.79 Å². The van der Waals surface area contributed by atoms with Crippen molar-refractivity contribution < 1.29 is 18.7 Å². The molecule has 1 aromatic heterocycles. The summed E-state index contributed by atoms with van der Waals surface area (Å²) in [5, 5.41) is 3.00.